The van der Waals surface area contributed by atoms with E-state index in [0.717, 1.165) is 0 Å². The van der Waals surface area contributed by atoms with E-state index in [9.17, 15) is 9.59 Å². The molecule has 5 heteroatoms. The Morgan fingerprint density at radius 3 is 2.64 bits per heavy atom. The highest BCUT2D eigenvalue weighted by Crippen LogP contribution is 2.08. The lowest BCUT2D eigenvalue weighted by molar-refractivity contribution is -0.143. The van der Waals surface area contributed by atoms with E-state index in [0.29, 0.717) is 13.2 Å². The van der Waals surface area contributed by atoms with Crippen LogP contribution in [0.15, 0.2) is 12.2 Å². The van der Waals surface area contributed by atoms with Gasteiger partial charge < -0.3 is 14.6 Å². The van der Waals surface area contributed by atoms with Crippen molar-refractivity contribution in [1.29, 1.82) is 0 Å². The van der Waals surface area contributed by atoms with E-state index in [4.69, 9.17) is 14.6 Å². The topological polar surface area (TPSA) is 76.1 Å². The van der Waals surface area contributed by atoms with Crippen LogP contribution in [-0.2, 0) is 19.1 Å². The maximum atomic E-state index is 10.9. The van der Waals surface area contributed by atoms with Crippen LogP contribution in [0.1, 0.15) is 12.8 Å². The number of carbonyl (C=O) groups excluding carboxylic acids is 1. The van der Waals surface area contributed by atoms with Gasteiger partial charge in [0, 0.05) is 0 Å². The number of rotatable bonds is 6. The quantitative estimate of drug-likeness (QED) is 0.380. The van der Waals surface area contributed by atoms with Crippen molar-refractivity contribution >= 4 is 11.9 Å². The Bertz CT molecular complexity index is 242. The lowest BCUT2D eigenvalue weighted by Gasteiger charge is -1.98. The van der Waals surface area contributed by atoms with E-state index >= 15 is 0 Å². The fraction of sp³-hybridized carbons (Fsp3) is 0.556. The minimum Gasteiger partial charge on any atom is -0.481 e. The molecule has 0 aromatic rings. The van der Waals surface area contributed by atoms with Crippen LogP contribution in [0.5, 0.6) is 0 Å². The first kappa shape index (κ1) is 10.7. The van der Waals surface area contributed by atoms with Crippen molar-refractivity contribution in [2.24, 2.45) is 0 Å². The molecular weight excluding hydrogens is 188 g/mol. The molecular formula is C9H12O5. The van der Waals surface area contributed by atoms with Crippen LogP contribution in [0.3, 0.4) is 0 Å². The molecule has 0 aromatic carbocycles. The predicted octanol–water partition coefficient (Wildman–Crippen LogP) is 0.349. The lowest BCUT2D eigenvalue weighted by Crippen LogP contribution is -2.08. The van der Waals surface area contributed by atoms with Crippen LogP contribution in [0.4, 0.5) is 0 Å². The maximum Gasteiger partial charge on any atom is 0.309 e. The van der Waals surface area contributed by atoms with Gasteiger partial charge in [0.2, 0.25) is 0 Å². The van der Waals surface area contributed by atoms with E-state index in [1.165, 1.54) is 12.2 Å². The Kier molecular flexibility index (Phi) is 4.12. The third-order valence-corrected chi connectivity index (χ3v) is 1.58. The highest BCUT2D eigenvalue weighted by molar-refractivity contribution is 5.72. The number of carboxylic acid groups (broad SMARTS) is 1. The maximum absolute atomic E-state index is 10.9. The van der Waals surface area contributed by atoms with Crippen molar-refractivity contribution in [2.45, 2.75) is 18.9 Å². The minimum absolute atomic E-state index is 0.0704. The summed E-state index contributed by atoms with van der Waals surface area (Å²) in [6, 6.07) is 0. The van der Waals surface area contributed by atoms with Gasteiger partial charge in [0.05, 0.1) is 19.4 Å². The fourth-order valence-corrected chi connectivity index (χ4v) is 0.773. The summed E-state index contributed by atoms with van der Waals surface area (Å²) >= 11 is 0. The first-order valence-corrected chi connectivity index (χ1v) is 4.32. The number of epoxide rings is 1. The number of carboxylic acids is 1. The van der Waals surface area contributed by atoms with Crippen molar-refractivity contribution in [2.75, 3.05) is 13.2 Å². The average molecular weight is 200 g/mol. The van der Waals surface area contributed by atoms with Gasteiger partial charge in [-0.05, 0) is 0 Å². The number of carbonyl (C=O) groups is 2. The summed E-state index contributed by atoms with van der Waals surface area (Å²) in [7, 11) is 0. The van der Waals surface area contributed by atoms with Gasteiger partial charge in [-0.3, -0.25) is 9.59 Å². The SMILES string of the molecule is O=C(O)CC=CCC(=O)OCC1CO1. The highest BCUT2D eigenvalue weighted by Gasteiger charge is 2.23. The van der Waals surface area contributed by atoms with Gasteiger partial charge in [0.25, 0.3) is 0 Å². The van der Waals surface area contributed by atoms with Gasteiger partial charge in [-0.15, -0.1) is 0 Å². The summed E-state index contributed by atoms with van der Waals surface area (Å²) < 4.78 is 9.65. The molecule has 0 aliphatic carbocycles. The molecule has 1 saturated heterocycles. The molecule has 0 spiro atoms. The molecule has 1 rings (SSSR count). The number of ether oxygens (including phenoxy) is 2. The van der Waals surface area contributed by atoms with Crippen molar-refractivity contribution < 1.29 is 24.2 Å². The molecule has 0 radical (unpaired) electrons. The van der Waals surface area contributed by atoms with E-state index in [-0.39, 0.29) is 24.9 Å². The molecule has 1 aliphatic heterocycles. The Labute approximate surface area is 81.3 Å². The number of hydrogen-bond donors (Lipinski definition) is 1. The third-order valence-electron chi connectivity index (χ3n) is 1.58. The summed E-state index contributed by atoms with van der Waals surface area (Å²) in [6.45, 7) is 0.952. The molecule has 0 amide bonds. The molecule has 0 bridgehead atoms. The van der Waals surface area contributed by atoms with Crippen LogP contribution in [-0.4, -0.2) is 36.4 Å². The van der Waals surface area contributed by atoms with E-state index in [2.05, 4.69) is 0 Å². The van der Waals surface area contributed by atoms with E-state index < -0.39 is 5.97 Å². The zero-order valence-electron chi connectivity index (χ0n) is 7.64. The molecule has 1 atom stereocenters. The second-order valence-electron chi connectivity index (χ2n) is 2.91. The van der Waals surface area contributed by atoms with Crippen molar-refractivity contribution in [3.05, 3.63) is 12.2 Å². The van der Waals surface area contributed by atoms with Crippen molar-refractivity contribution in [3.63, 3.8) is 0 Å². The molecule has 5 nitrogen and oxygen atoms in total. The monoisotopic (exact) mass is 200 g/mol. The lowest BCUT2D eigenvalue weighted by atomic mass is 10.3. The first-order chi connectivity index (χ1) is 6.68. The summed E-state index contributed by atoms with van der Waals surface area (Å²) in [6.07, 6.45) is 3.03. The predicted molar refractivity (Wildman–Crippen MR) is 46.7 cm³/mol. The average Bonchev–Trinajstić information content (AvgIpc) is 2.92. The summed E-state index contributed by atoms with van der Waals surface area (Å²) in [5.74, 6) is -1.27. The van der Waals surface area contributed by atoms with E-state index in [1.54, 1.807) is 0 Å². The standard InChI is InChI=1S/C9H12O5/c10-8(11)3-1-2-4-9(12)14-6-7-5-13-7/h1-2,7H,3-6H2,(H,10,11). The minimum atomic E-state index is -0.916. The van der Waals surface area contributed by atoms with Crippen LogP contribution < -0.4 is 0 Å². The van der Waals surface area contributed by atoms with E-state index in [1.807, 2.05) is 0 Å². The second-order valence-corrected chi connectivity index (χ2v) is 2.91. The molecule has 1 unspecified atom stereocenters. The summed E-state index contributed by atoms with van der Waals surface area (Å²) in [4.78, 5) is 21.0. The fourth-order valence-electron chi connectivity index (χ4n) is 0.773. The molecule has 78 valence electrons. The van der Waals surface area contributed by atoms with Crippen LogP contribution in [0.25, 0.3) is 0 Å². The summed E-state index contributed by atoms with van der Waals surface area (Å²) in [5, 5.41) is 8.28. The van der Waals surface area contributed by atoms with Gasteiger partial charge in [0.15, 0.2) is 0 Å². The Balaban J connectivity index is 2.01. The highest BCUT2D eigenvalue weighted by atomic mass is 16.6. The van der Waals surface area contributed by atoms with Crippen LogP contribution in [0, 0.1) is 0 Å². The van der Waals surface area contributed by atoms with Gasteiger partial charge in [-0.2, -0.15) is 0 Å². The molecule has 1 aliphatic rings. The van der Waals surface area contributed by atoms with Gasteiger partial charge in [0.1, 0.15) is 12.7 Å². The molecule has 0 aromatic heterocycles. The molecule has 1 N–H and O–H groups in total. The Morgan fingerprint density at radius 2 is 2.07 bits per heavy atom. The largest absolute Gasteiger partial charge is 0.481 e. The van der Waals surface area contributed by atoms with Gasteiger partial charge in [-0.1, -0.05) is 12.2 Å². The van der Waals surface area contributed by atoms with Crippen molar-refractivity contribution in [3.8, 4) is 0 Å². The smallest absolute Gasteiger partial charge is 0.309 e. The second kappa shape index (κ2) is 5.39. The zero-order chi connectivity index (χ0) is 10.4. The zero-order valence-corrected chi connectivity index (χ0v) is 7.64. The summed E-state index contributed by atoms with van der Waals surface area (Å²) in [5.41, 5.74) is 0. The molecule has 1 fully saturated rings. The number of esters is 1. The molecule has 1 heterocycles. The Morgan fingerprint density at radius 1 is 1.43 bits per heavy atom. The normalized spacial score (nSPS) is 19.6. The number of hydrogen-bond acceptors (Lipinski definition) is 4. The van der Waals surface area contributed by atoms with Crippen LogP contribution >= 0.6 is 0 Å². The third kappa shape index (κ3) is 5.31. The first-order valence-electron chi connectivity index (χ1n) is 4.32. The van der Waals surface area contributed by atoms with Crippen LogP contribution in [0.2, 0.25) is 0 Å². The number of aliphatic carboxylic acids is 1. The Hall–Kier alpha value is -1.36. The molecule has 14 heavy (non-hydrogen) atoms. The van der Waals surface area contributed by atoms with Gasteiger partial charge >= 0.3 is 11.9 Å². The molecule has 0 saturated carbocycles. The van der Waals surface area contributed by atoms with Gasteiger partial charge in [-0.25, -0.2) is 0 Å². The van der Waals surface area contributed by atoms with Crippen molar-refractivity contribution in [1.82, 2.24) is 0 Å².